The highest BCUT2D eigenvalue weighted by atomic mass is 19.1. The highest BCUT2D eigenvalue weighted by Gasteiger charge is 2.45. The third kappa shape index (κ3) is 4.34. The van der Waals surface area contributed by atoms with E-state index >= 15 is 0 Å². The second-order valence-corrected chi connectivity index (χ2v) is 6.76. The van der Waals surface area contributed by atoms with Crippen LogP contribution in [0.5, 0.6) is 0 Å². The van der Waals surface area contributed by atoms with E-state index < -0.39 is 0 Å². The SMILES string of the molecule is O=C(OCC(=O)N1CCCCCCC1)C1CC1c1cccc(F)c1. The summed E-state index contributed by atoms with van der Waals surface area (Å²) in [6.45, 7) is 1.34. The Balaban J connectivity index is 1.45. The summed E-state index contributed by atoms with van der Waals surface area (Å²) >= 11 is 0. The van der Waals surface area contributed by atoms with E-state index in [1.54, 1.807) is 6.07 Å². The first-order valence-electron chi connectivity index (χ1n) is 8.85. The van der Waals surface area contributed by atoms with Gasteiger partial charge in [0, 0.05) is 13.1 Å². The number of esters is 1. The zero-order valence-electron chi connectivity index (χ0n) is 13.9. The molecule has 4 nitrogen and oxygen atoms in total. The first-order valence-corrected chi connectivity index (χ1v) is 8.85. The second kappa shape index (κ2) is 7.77. The predicted molar refractivity (Wildman–Crippen MR) is 87.9 cm³/mol. The molecule has 1 heterocycles. The molecule has 1 aromatic rings. The van der Waals surface area contributed by atoms with Crippen LogP contribution in [-0.2, 0) is 14.3 Å². The standard InChI is InChI=1S/C19H24FNO3/c20-15-8-6-7-14(11-15)16-12-17(16)19(23)24-13-18(22)21-9-4-2-1-3-5-10-21/h6-8,11,16-17H,1-5,9-10,12-13H2. The summed E-state index contributed by atoms with van der Waals surface area (Å²) < 4.78 is 18.5. The molecule has 2 aliphatic rings. The number of benzene rings is 1. The fourth-order valence-corrected chi connectivity index (χ4v) is 3.39. The largest absolute Gasteiger partial charge is 0.455 e. The lowest BCUT2D eigenvalue weighted by Crippen LogP contribution is -2.37. The lowest BCUT2D eigenvalue weighted by Gasteiger charge is -2.24. The molecule has 2 fully saturated rings. The smallest absolute Gasteiger partial charge is 0.310 e. The molecule has 1 aliphatic carbocycles. The topological polar surface area (TPSA) is 46.6 Å². The van der Waals surface area contributed by atoms with Crippen LogP contribution in [0.3, 0.4) is 0 Å². The predicted octanol–water partition coefficient (Wildman–Crippen LogP) is 3.27. The van der Waals surface area contributed by atoms with Crippen molar-refractivity contribution in [2.75, 3.05) is 19.7 Å². The van der Waals surface area contributed by atoms with Gasteiger partial charge in [-0.25, -0.2) is 4.39 Å². The molecule has 24 heavy (non-hydrogen) atoms. The third-order valence-corrected chi connectivity index (χ3v) is 4.92. The van der Waals surface area contributed by atoms with E-state index in [0.717, 1.165) is 44.3 Å². The molecule has 0 aromatic heterocycles. The van der Waals surface area contributed by atoms with Crippen LogP contribution in [0, 0.1) is 11.7 Å². The van der Waals surface area contributed by atoms with E-state index in [2.05, 4.69) is 0 Å². The Morgan fingerprint density at radius 3 is 2.54 bits per heavy atom. The van der Waals surface area contributed by atoms with Crippen molar-refractivity contribution >= 4 is 11.9 Å². The maximum absolute atomic E-state index is 13.2. The number of likely N-dealkylation sites (tertiary alicyclic amines) is 1. The van der Waals surface area contributed by atoms with E-state index in [0.29, 0.717) is 6.42 Å². The Hall–Kier alpha value is -1.91. The number of carbonyl (C=O) groups excluding carboxylic acids is 2. The first kappa shape index (κ1) is 16.9. The van der Waals surface area contributed by atoms with Crippen LogP contribution < -0.4 is 0 Å². The molecule has 3 rings (SSSR count). The molecule has 1 amide bonds. The highest BCUT2D eigenvalue weighted by Crippen LogP contribution is 2.48. The molecule has 0 bridgehead atoms. The normalized spacial score (nSPS) is 24.0. The van der Waals surface area contributed by atoms with Crippen molar-refractivity contribution < 1.29 is 18.7 Å². The van der Waals surface area contributed by atoms with E-state index in [-0.39, 0.29) is 36.1 Å². The van der Waals surface area contributed by atoms with Gasteiger partial charge < -0.3 is 9.64 Å². The summed E-state index contributed by atoms with van der Waals surface area (Å²) in [6, 6.07) is 6.33. The summed E-state index contributed by atoms with van der Waals surface area (Å²) in [5.41, 5.74) is 0.826. The first-order chi connectivity index (χ1) is 11.6. The van der Waals surface area contributed by atoms with Crippen LogP contribution in [0.1, 0.15) is 50.0 Å². The molecular formula is C19H24FNO3. The number of nitrogens with zero attached hydrogens (tertiary/aromatic N) is 1. The summed E-state index contributed by atoms with van der Waals surface area (Å²) in [5, 5.41) is 0. The minimum absolute atomic E-state index is 0.0185. The van der Waals surface area contributed by atoms with Gasteiger partial charge in [0.05, 0.1) is 5.92 Å². The molecule has 130 valence electrons. The molecule has 1 saturated carbocycles. The molecule has 0 N–H and O–H groups in total. The second-order valence-electron chi connectivity index (χ2n) is 6.76. The average molecular weight is 333 g/mol. The van der Waals surface area contributed by atoms with Crippen LogP contribution in [0.4, 0.5) is 4.39 Å². The van der Waals surface area contributed by atoms with Crippen molar-refractivity contribution in [3.8, 4) is 0 Å². The number of rotatable bonds is 4. The Labute approximate surface area is 142 Å². The fourth-order valence-electron chi connectivity index (χ4n) is 3.39. The number of amides is 1. The van der Waals surface area contributed by atoms with Gasteiger partial charge >= 0.3 is 5.97 Å². The molecule has 1 saturated heterocycles. The fraction of sp³-hybridized carbons (Fsp3) is 0.579. The summed E-state index contributed by atoms with van der Waals surface area (Å²) in [7, 11) is 0. The third-order valence-electron chi connectivity index (χ3n) is 4.92. The van der Waals surface area contributed by atoms with Crippen molar-refractivity contribution in [3.05, 3.63) is 35.6 Å². The van der Waals surface area contributed by atoms with Crippen molar-refractivity contribution in [3.63, 3.8) is 0 Å². The van der Waals surface area contributed by atoms with Crippen LogP contribution >= 0.6 is 0 Å². The van der Waals surface area contributed by atoms with E-state index in [9.17, 15) is 14.0 Å². The maximum Gasteiger partial charge on any atom is 0.310 e. The Morgan fingerprint density at radius 2 is 1.83 bits per heavy atom. The molecule has 1 aliphatic heterocycles. The lowest BCUT2D eigenvalue weighted by atomic mass is 10.1. The van der Waals surface area contributed by atoms with Gasteiger partial charge in [0.25, 0.3) is 5.91 Å². The molecule has 2 unspecified atom stereocenters. The molecule has 0 radical (unpaired) electrons. The van der Waals surface area contributed by atoms with Crippen molar-refractivity contribution in [2.45, 2.75) is 44.4 Å². The highest BCUT2D eigenvalue weighted by molar-refractivity contribution is 5.83. The van der Waals surface area contributed by atoms with Crippen molar-refractivity contribution in [2.24, 2.45) is 5.92 Å². The quantitative estimate of drug-likeness (QED) is 0.795. The van der Waals surface area contributed by atoms with E-state index in [1.165, 1.54) is 18.6 Å². The van der Waals surface area contributed by atoms with Crippen LogP contribution in [0.2, 0.25) is 0 Å². The van der Waals surface area contributed by atoms with Gasteiger partial charge in [-0.1, -0.05) is 31.4 Å². The van der Waals surface area contributed by atoms with Gasteiger partial charge in [-0.05, 0) is 42.9 Å². The molecule has 2 atom stereocenters. The lowest BCUT2D eigenvalue weighted by molar-refractivity contribution is -0.153. The van der Waals surface area contributed by atoms with Crippen LogP contribution in [-0.4, -0.2) is 36.5 Å². The van der Waals surface area contributed by atoms with Crippen molar-refractivity contribution in [1.82, 2.24) is 4.90 Å². The number of halogens is 1. The monoisotopic (exact) mass is 333 g/mol. The number of ether oxygens (including phenoxy) is 1. The van der Waals surface area contributed by atoms with Crippen LogP contribution in [0.25, 0.3) is 0 Å². The molecule has 1 aromatic carbocycles. The van der Waals surface area contributed by atoms with Gasteiger partial charge in [0.1, 0.15) is 5.82 Å². The molecular weight excluding hydrogens is 309 g/mol. The van der Waals surface area contributed by atoms with E-state index in [1.807, 2.05) is 11.0 Å². The van der Waals surface area contributed by atoms with Crippen LogP contribution in [0.15, 0.2) is 24.3 Å². The van der Waals surface area contributed by atoms with Gasteiger partial charge in [0.2, 0.25) is 0 Å². The minimum atomic E-state index is -0.343. The summed E-state index contributed by atoms with van der Waals surface area (Å²) in [4.78, 5) is 26.1. The Bertz CT molecular complexity index is 596. The Kier molecular flexibility index (Phi) is 5.48. The van der Waals surface area contributed by atoms with Gasteiger partial charge in [-0.3, -0.25) is 9.59 Å². The minimum Gasteiger partial charge on any atom is -0.455 e. The summed E-state index contributed by atoms with van der Waals surface area (Å²) in [5.74, 6) is -0.964. The van der Waals surface area contributed by atoms with Gasteiger partial charge in [-0.15, -0.1) is 0 Å². The van der Waals surface area contributed by atoms with E-state index in [4.69, 9.17) is 4.74 Å². The van der Waals surface area contributed by atoms with Crippen molar-refractivity contribution in [1.29, 1.82) is 0 Å². The number of carbonyl (C=O) groups is 2. The average Bonchev–Trinajstić information content (AvgIpc) is 3.33. The summed E-state index contributed by atoms with van der Waals surface area (Å²) in [6.07, 6.45) is 6.25. The number of hydrogen-bond acceptors (Lipinski definition) is 3. The molecule has 0 spiro atoms. The van der Waals surface area contributed by atoms with Gasteiger partial charge in [0.15, 0.2) is 6.61 Å². The Morgan fingerprint density at radius 1 is 1.12 bits per heavy atom. The zero-order valence-corrected chi connectivity index (χ0v) is 13.9. The van der Waals surface area contributed by atoms with Gasteiger partial charge in [-0.2, -0.15) is 0 Å². The maximum atomic E-state index is 13.2. The number of hydrogen-bond donors (Lipinski definition) is 0. The molecule has 5 heteroatoms. The zero-order chi connectivity index (χ0) is 16.9.